The highest BCUT2D eigenvalue weighted by atomic mass is 16.6. The summed E-state index contributed by atoms with van der Waals surface area (Å²) in [5.41, 5.74) is 0.979. The Labute approximate surface area is 141 Å². The Morgan fingerprint density at radius 1 is 1.21 bits per heavy atom. The van der Waals surface area contributed by atoms with Crippen molar-refractivity contribution in [2.75, 3.05) is 19.0 Å². The third-order valence-electron chi connectivity index (χ3n) is 3.84. The number of carbonyl (C=O) groups is 1. The molecular formula is C18H21N3O3. The molecule has 0 bridgehead atoms. The maximum Gasteiger partial charge on any atom is 0.265 e. The molecule has 0 fully saturated rings. The smallest absolute Gasteiger partial charge is 0.265 e. The summed E-state index contributed by atoms with van der Waals surface area (Å²) < 4.78 is 11.6. The molecule has 1 aromatic carbocycles. The third kappa shape index (κ3) is 3.42. The zero-order valence-electron chi connectivity index (χ0n) is 14.0. The van der Waals surface area contributed by atoms with E-state index in [0.717, 1.165) is 11.4 Å². The van der Waals surface area contributed by atoms with Crippen LogP contribution in [0.2, 0.25) is 0 Å². The van der Waals surface area contributed by atoms with Crippen LogP contribution < -0.4 is 19.7 Å². The fourth-order valence-corrected chi connectivity index (χ4v) is 2.51. The summed E-state index contributed by atoms with van der Waals surface area (Å²) in [6.07, 6.45) is 0.709. The van der Waals surface area contributed by atoms with Crippen LogP contribution in [-0.2, 0) is 11.3 Å². The second-order valence-electron chi connectivity index (χ2n) is 5.94. The highest BCUT2D eigenvalue weighted by Crippen LogP contribution is 2.33. The first-order valence-corrected chi connectivity index (χ1v) is 7.87. The minimum absolute atomic E-state index is 0.194. The van der Waals surface area contributed by atoms with Gasteiger partial charge >= 0.3 is 0 Å². The lowest BCUT2D eigenvalue weighted by Gasteiger charge is -2.31. The molecule has 0 unspecified atom stereocenters. The van der Waals surface area contributed by atoms with E-state index in [9.17, 15) is 4.79 Å². The molecule has 2 aromatic rings. The first-order chi connectivity index (χ1) is 11.5. The number of hydrogen-bond acceptors (Lipinski definition) is 5. The number of carbonyl (C=O) groups excluding carboxylic acids is 1. The average molecular weight is 327 g/mol. The first kappa shape index (κ1) is 16.1. The lowest BCUT2D eigenvalue weighted by Crippen LogP contribution is -2.48. The van der Waals surface area contributed by atoms with E-state index in [1.807, 2.05) is 56.3 Å². The minimum Gasteiger partial charge on any atom is -0.482 e. The van der Waals surface area contributed by atoms with Crippen molar-refractivity contribution in [1.82, 2.24) is 10.3 Å². The van der Waals surface area contributed by atoms with Crippen molar-refractivity contribution in [2.45, 2.75) is 25.7 Å². The standard InChI is InChI=1S/C18H21N3O3/c1-12-17(24-15-7-5-4-6-14(15)23-12)18(22)20-11-13-8-9-19-16(10-13)21(2)3/h4-10,12,17H,11H2,1-3H3,(H,20,22)/t12-,17-/m0/s1. The Morgan fingerprint density at radius 2 is 1.92 bits per heavy atom. The van der Waals surface area contributed by atoms with Gasteiger partial charge in [-0.3, -0.25) is 4.79 Å². The third-order valence-corrected chi connectivity index (χ3v) is 3.84. The van der Waals surface area contributed by atoms with Crippen molar-refractivity contribution in [3.8, 4) is 11.5 Å². The van der Waals surface area contributed by atoms with E-state index in [1.165, 1.54) is 0 Å². The number of amides is 1. The molecule has 0 spiro atoms. The number of fused-ring (bicyclic) bond motifs is 1. The second-order valence-corrected chi connectivity index (χ2v) is 5.94. The molecule has 6 nitrogen and oxygen atoms in total. The zero-order chi connectivity index (χ0) is 17.1. The number of nitrogens with one attached hydrogen (secondary N) is 1. The molecular weight excluding hydrogens is 306 g/mol. The molecule has 1 aliphatic rings. The van der Waals surface area contributed by atoms with Gasteiger partial charge in [-0.1, -0.05) is 12.1 Å². The molecule has 24 heavy (non-hydrogen) atoms. The Balaban J connectivity index is 1.64. The fourth-order valence-electron chi connectivity index (χ4n) is 2.51. The van der Waals surface area contributed by atoms with Gasteiger partial charge in [0.2, 0.25) is 6.10 Å². The van der Waals surface area contributed by atoms with Crippen LogP contribution in [0.1, 0.15) is 12.5 Å². The Morgan fingerprint density at radius 3 is 2.62 bits per heavy atom. The van der Waals surface area contributed by atoms with Crippen LogP contribution in [0.5, 0.6) is 11.5 Å². The topological polar surface area (TPSA) is 63.7 Å². The number of rotatable bonds is 4. The highest BCUT2D eigenvalue weighted by molar-refractivity contribution is 5.82. The van der Waals surface area contributed by atoms with E-state index in [4.69, 9.17) is 9.47 Å². The molecule has 2 heterocycles. The molecule has 2 atom stereocenters. The summed E-state index contributed by atoms with van der Waals surface area (Å²) in [7, 11) is 3.86. The molecule has 0 saturated carbocycles. The molecule has 1 amide bonds. The number of aromatic nitrogens is 1. The summed E-state index contributed by atoms with van der Waals surface area (Å²) >= 11 is 0. The van der Waals surface area contributed by atoms with Crippen LogP contribution in [0, 0.1) is 0 Å². The van der Waals surface area contributed by atoms with E-state index in [2.05, 4.69) is 10.3 Å². The Bertz CT molecular complexity index is 733. The number of pyridine rings is 1. The Kier molecular flexibility index (Phi) is 4.55. The molecule has 126 valence electrons. The number of para-hydroxylation sites is 2. The van der Waals surface area contributed by atoms with E-state index in [-0.39, 0.29) is 12.0 Å². The summed E-state index contributed by atoms with van der Waals surface area (Å²) in [6.45, 7) is 2.24. The summed E-state index contributed by atoms with van der Waals surface area (Å²) in [6, 6.07) is 11.2. The molecule has 6 heteroatoms. The van der Waals surface area contributed by atoms with Gasteiger partial charge in [0.1, 0.15) is 11.9 Å². The summed E-state index contributed by atoms with van der Waals surface area (Å²) in [5.74, 6) is 1.91. The van der Waals surface area contributed by atoms with Crippen LogP contribution in [0.15, 0.2) is 42.6 Å². The van der Waals surface area contributed by atoms with E-state index < -0.39 is 6.10 Å². The lowest BCUT2D eigenvalue weighted by atomic mass is 10.1. The maximum absolute atomic E-state index is 12.5. The molecule has 1 aliphatic heterocycles. The maximum atomic E-state index is 12.5. The van der Waals surface area contributed by atoms with E-state index in [1.54, 1.807) is 12.3 Å². The minimum atomic E-state index is -0.671. The fraction of sp³-hybridized carbons (Fsp3) is 0.333. The quantitative estimate of drug-likeness (QED) is 0.930. The number of anilines is 1. The van der Waals surface area contributed by atoms with Gasteiger partial charge in [0.15, 0.2) is 11.5 Å². The van der Waals surface area contributed by atoms with Crippen molar-refractivity contribution in [2.24, 2.45) is 0 Å². The Hall–Kier alpha value is -2.76. The first-order valence-electron chi connectivity index (χ1n) is 7.87. The van der Waals surface area contributed by atoms with Gasteiger partial charge in [-0.2, -0.15) is 0 Å². The normalized spacial score (nSPS) is 18.8. The lowest BCUT2D eigenvalue weighted by molar-refractivity contribution is -0.133. The molecule has 0 aliphatic carbocycles. The second kappa shape index (κ2) is 6.78. The molecule has 0 saturated heterocycles. The van der Waals surface area contributed by atoms with Crippen molar-refractivity contribution in [3.63, 3.8) is 0 Å². The number of ether oxygens (including phenoxy) is 2. The van der Waals surface area contributed by atoms with Crippen molar-refractivity contribution in [1.29, 1.82) is 0 Å². The van der Waals surface area contributed by atoms with Crippen LogP contribution in [0.25, 0.3) is 0 Å². The monoisotopic (exact) mass is 327 g/mol. The van der Waals surface area contributed by atoms with Gasteiger partial charge in [-0.25, -0.2) is 4.98 Å². The average Bonchev–Trinajstić information content (AvgIpc) is 2.59. The SMILES string of the molecule is C[C@@H]1Oc2ccccc2O[C@@H]1C(=O)NCc1ccnc(N(C)C)c1. The van der Waals surface area contributed by atoms with Gasteiger partial charge in [0.05, 0.1) is 0 Å². The van der Waals surface area contributed by atoms with E-state index >= 15 is 0 Å². The van der Waals surface area contributed by atoms with Crippen LogP contribution in [0.4, 0.5) is 5.82 Å². The van der Waals surface area contributed by atoms with Crippen molar-refractivity contribution in [3.05, 3.63) is 48.2 Å². The van der Waals surface area contributed by atoms with Gasteiger partial charge in [0.25, 0.3) is 5.91 Å². The summed E-state index contributed by atoms with van der Waals surface area (Å²) in [5, 5.41) is 2.91. The number of hydrogen-bond donors (Lipinski definition) is 1. The molecule has 1 aromatic heterocycles. The predicted molar refractivity (Wildman–Crippen MR) is 91.4 cm³/mol. The summed E-state index contributed by atoms with van der Waals surface area (Å²) in [4.78, 5) is 18.6. The van der Waals surface area contributed by atoms with Gasteiger partial charge < -0.3 is 19.7 Å². The predicted octanol–water partition coefficient (Wildman–Crippen LogP) is 1.99. The van der Waals surface area contributed by atoms with Gasteiger partial charge in [-0.05, 0) is 36.8 Å². The van der Waals surface area contributed by atoms with Crippen LogP contribution in [0.3, 0.4) is 0 Å². The molecule has 0 radical (unpaired) electrons. The van der Waals surface area contributed by atoms with E-state index in [0.29, 0.717) is 18.0 Å². The molecule has 3 rings (SSSR count). The van der Waals surface area contributed by atoms with Crippen LogP contribution in [-0.4, -0.2) is 37.2 Å². The van der Waals surface area contributed by atoms with Gasteiger partial charge in [0, 0.05) is 26.8 Å². The largest absolute Gasteiger partial charge is 0.482 e. The van der Waals surface area contributed by atoms with Gasteiger partial charge in [-0.15, -0.1) is 0 Å². The van der Waals surface area contributed by atoms with Crippen molar-refractivity contribution < 1.29 is 14.3 Å². The highest BCUT2D eigenvalue weighted by Gasteiger charge is 2.33. The number of benzene rings is 1. The number of nitrogens with zero attached hydrogens (tertiary/aromatic N) is 2. The van der Waals surface area contributed by atoms with Crippen molar-refractivity contribution >= 4 is 11.7 Å². The molecule has 1 N–H and O–H groups in total. The van der Waals surface area contributed by atoms with Crippen LogP contribution >= 0.6 is 0 Å². The zero-order valence-corrected chi connectivity index (χ0v) is 14.0.